The topological polar surface area (TPSA) is 66.4 Å². The second-order valence-electron chi connectivity index (χ2n) is 7.18. The fourth-order valence-corrected chi connectivity index (χ4v) is 3.14. The number of carboxylic acids is 1. The first-order valence-corrected chi connectivity index (χ1v) is 7.68. The predicted molar refractivity (Wildman–Crippen MR) is 79.3 cm³/mol. The lowest BCUT2D eigenvalue weighted by atomic mass is 9.61. The van der Waals surface area contributed by atoms with Crippen molar-refractivity contribution in [2.75, 3.05) is 0 Å². The maximum Gasteiger partial charge on any atom is 0.307 e. The number of hydrogen-bond donors (Lipinski definition) is 2. The third-order valence-electron chi connectivity index (χ3n) is 5.03. The van der Waals surface area contributed by atoms with Gasteiger partial charge < -0.3 is 10.4 Å². The van der Waals surface area contributed by atoms with Crippen molar-refractivity contribution in [2.24, 2.45) is 23.2 Å². The summed E-state index contributed by atoms with van der Waals surface area (Å²) >= 11 is 0. The fraction of sp³-hybridized carbons (Fsp3) is 0.875. The Kier molecular flexibility index (Phi) is 5.60. The molecule has 1 amide bonds. The number of carbonyl (C=O) groups is 2. The summed E-state index contributed by atoms with van der Waals surface area (Å²) in [7, 11) is 0. The second-order valence-corrected chi connectivity index (χ2v) is 7.18. The van der Waals surface area contributed by atoms with Gasteiger partial charge in [-0.2, -0.15) is 0 Å². The molecule has 20 heavy (non-hydrogen) atoms. The van der Waals surface area contributed by atoms with Crippen LogP contribution in [-0.2, 0) is 9.59 Å². The first-order chi connectivity index (χ1) is 9.16. The Morgan fingerprint density at radius 2 is 1.90 bits per heavy atom. The van der Waals surface area contributed by atoms with Crippen molar-refractivity contribution in [3.63, 3.8) is 0 Å². The van der Waals surface area contributed by atoms with Crippen molar-refractivity contribution in [1.82, 2.24) is 5.32 Å². The molecule has 4 nitrogen and oxygen atoms in total. The van der Waals surface area contributed by atoms with E-state index in [1.807, 2.05) is 13.8 Å². The number of nitrogens with one attached hydrogen (secondary N) is 1. The van der Waals surface area contributed by atoms with Gasteiger partial charge in [-0.15, -0.1) is 0 Å². The third kappa shape index (κ3) is 3.97. The lowest BCUT2D eigenvalue weighted by Crippen LogP contribution is -2.52. The quantitative estimate of drug-likeness (QED) is 0.815. The zero-order valence-corrected chi connectivity index (χ0v) is 13.4. The van der Waals surface area contributed by atoms with Crippen molar-refractivity contribution in [2.45, 2.75) is 66.3 Å². The summed E-state index contributed by atoms with van der Waals surface area (Å²) in [6, 6.07) is 0.0975. The van der Waals surface area contributed by atoms with Crippen LogP contribution in [0.4, 0.5) is 0 Å². The highest BCUT2D eigenvalue weighted by molar-refractivity contribution is 5.76. The van der Waals surface area contributed by atoms with E-state index in [4.69, 9.17) is 0 Å². The molecule has 4 heteroatoms. The van der Waals surface area contributed by atoms with Gasteiger partial charge in [0.25, 0.3) is 0 Å². The van der Waals surface area contributed by atoms with E-state index in [2.05, 4.69) is 26.1 Å². The lowest BCUT2D eigenvalue weighted by molar-refractivity contribution is -0.150. The van der Waals surface area contributed by atoms with E-state index in [-0.39, 0.29) is 29.2 Å². The Balaban J connectivity index is 2.62. The number of hydrogen-bond acceptors (Lipinski definition) is 2. The van der Waals surface area contributed by atoms with E-state index in [1.54, 1.807) is 0 Å². The summed E-state index contributed by atoms with van der Waals surface area (Å²) < 4.78 is 0. The van der Waals surface area contributed by atoms with Crippen molar-refractivity contribution in [3.8, 4) is 0 Å². The van der Waals surface area contributed by atoms with Crippen LogP contribution in [0, 0.1) is 23.2 Å². The first-order valence-electron chi connectivity index (χ1n) is 7.68. The molecular formula is C16H29NO3. The van der Waals surface area contributed by atoms with Crippen LogP contribution >= 0.6 is 0 Å². The van der Waals surface area contributed by atoms with Crippen molar-refractivity contribution in [3.05, 3.63) is 0 Å². The molecule has 1 aliphatic rings. The molecule has 0 radical (unpaired) electrons. The van der Waals surface area contributed by atoms with Gasteiger partial charge in [-0.05, 0) is 36.5 Å². The highest BCUT2D eigenvalue weighted by Crippen LogP contribution is 2.45. The predicted octanol–water partition coefficient (Wildman–Crippen LogP) is 3.06. The van der Waals surface area contributed by atoms with Gasteiger partial charge in [0, 0.05) is 12.5 Å². The van der Waals surface area contributed by atoms with E-state index in [0.717, 1.165) is 12.8 Å². The molecule has 0 spiro atoms. The van der Waals surface area contributed by atoms with Crippen molar-refractivity contribution >= 4 is 11.9 Å². The minimum atomic E-state index is -0.716. The van der Waals surface area contributed by atoms with E-state index >= 15 is 0 Å². The Morgan fingerprint density at radius 3 is 2.40 bits per heavy atom. The summed E-state index contributed by atoms with van der Waals surface area (Å²) in [4.78, 5) is 23.3. The van der Waals surface area contributed by atoms with E-state index in [9.17, 15) is 14.7 Å². The van der Waals surface area contributed by atoms with Crippen LogP contribution in [0.15, 0.2) is 0 Å². The normalized spacial score (nSPS) is 29.2. The molecule has 3 unspecified atom stereocenters. The Hall–Kier alpha value is -1.06. The van der Waals surface area contributed by atoms with Crippen LogP contribution < -0.4 is 5.32 Å². The molecular weight excluding hydrogens is 254 g/mol. The summed E-state index contributed by atoms with van der Waals surface area (Å²) in [6.45, 7) is 10.3. The average molecular weight is 283 g/mol. The molecule has 0 aromatic carbocycles. The minimum Gasteiger partial charge on any atom is -0.481 e. The third-order valence-corrected chi connectivity index (χ3v) is 5.03. The summed E-state index contributed by atoms with van der Waals surface area (Å²) in [5.41, 5.74) is -0.292. The molecule has 116 valence electrons. The molecule has 3 atom stereocenters. The Bertz CT molecular complexity index is 363. The number of aliphatic carboxylic acids is 1. The molecule has 1 rings (SSSR count). The molecule has 0 bridgehead atoms. The minimum absolute atomic E-state index is 0.0973. The lowest BCUT2D eigenvalue weighted by Gasteiger charge is -2.46. The fourth-order valence-electron chi connectivity index (χ4n) is 3.14. The zero-order valence-electron chi connectivity index (χ0n) is 13.4. The van der Waals surface area contributed by atoms with E-state index in [1.165, 1.54) is 0 Å². The molecule has 0 aromatic rings. The number of carbonyl (C=O) groups excluding carboxylic acids is 1. The number of amides is 1. The van der Waals surface area contributed by atoms with Crippen LogP contribution in [0.1, 0.15) is 60.3 Å². The van der Waals surface area contributed by atoms with Gasteiger partial charge >= 0.3 is 5.97 Å². The molecule has 1 fully saturated rings. The largest absolute Gasteiger partial charge is 0.481 e. The summed E-state index contributed by atoms with van der Waals surface area (Å²) in [5.74, 6) is -0.245. The van der Waals surface area contributed by atoms with Crippen LogP contribution in [-0.4, -0.2) is 23.0 Å². The van der Waals surface area contributed by atoms with Gasteiger partial charge in [0.15, 0.2) is 0 Å². The molecule has 2 N–H and O–H groups in total. The first kappa shape index (κ1) is 17.0. The molecule has 0 heterocycles. The van der Waals surface area contributed by atoms with Crippen LogP contribution in [0.2, 0.25) is 0 Å². The standard InChI is InChI=1S/C16H29NO3/c1-10(2)6-9-14(18)17-13-8-7-12(15(19)20)16(4,5)11(13)3/h10-13H,6-9H2,1-5H3,(H,17,18)(H,19,20). The van der Waals surface area contributed by atoms with Crippen molar-refractivity contribution < 1.29 is 14.7 Å². The summed E-state index contributed by atoms with van der Waals surface area (Å²) in [6.07, 6.45) is 2.86. The zero-order chi connectivity index (χ0) is 15.5. The Morgan fingerprint density at radius 1 is 1.30 bits per heavy atom. The second kappa shape index (κ2) is 6.59. The SMILES string of the molecule is CC(C)CCC(=O)NC1CCC(C(=O)O)C(C)(C)C1C. The monoisotopic (exact) mass is 283 g/mol. The number of carboxylic acid groups (broad SMARTS) is 1. The van der Waals surface area contributed by atoms with Gasteiger partial charge in [-0.25, -0.2) is 0 Å². The Labute approximate surface area is 122 Å². The molecule has 0 aromatic heterocycles. The molecule has 1 aliphatic carbocycles. The van der Waals surface area contributed by atoms with Crippen LogP contribution in [0.25, 0.3) is 0 Å². The number of rotatable bonds is 5. The van der Waals surface area contributed by atoms with Gasteiger partial charge in [0.05, 0.1) is 5.92 Å². The van der Waals surface area contributed by atoms with Crippen molar-refractivity contribution in [1.29, 1.82) is 0 Å². The van der Waals surface area contributed by atoms with E-state index in [0.29, 0.717) is 18.8 Å². The average Bonchev–Trinajstić information content (AvgIpc) is 2.32. The van der Waals surface area contributed by atoms with Gasteiger partial charge in [-0.1, -0.05) is 34.6 Å². The van der Waals surface area contributed by atoms with Crippen LogP contribution in [0.3, 0.4) is 0 Å². The smallest absolute Gasteiger partial charge is 0.307 e. The van der Waals surface area contributed by atoms with Crippen LogP contribution in [0.5, 0.6) is 0 Å². The molecule has 1 saturated carbocycles. The van der Waals surface area contributed by atoms with Gasteiger partial charge in [0.2, 0.25) is 5.91 Å². The molecule has 0 aliphatic heterocycles. The van der Waals surface area contributed by atoms with Gasteiger partial charge in [-0.3, -0.25) is 9.59 Å². The van der Waals surface area contributed by atoms with E-state index < -0.39 is 5.97 Å². The maximum absolute atomic E-state index is 12.0. The summed E-state index contributed by atoms with van der Waals surface area (Å²) in [5, 5.41) is 12.4. The highest BCUT2D eigenvalue weighted by atomic mass is 16.4. The molecule has 0 saturated heterocycles. The highest BCUT2D eigenvalue weighted by Gasteiger charge is 2.46. The van der Waals surface area contributed by atoms with Gasteiger partial charge in [0.1, 0.15) is 0 Å². The maximum atomic E-state index is 12.0.